The molecule has 2 heterocycles. The number of carbonyl (C=O) groups excluding carboxylic acids is 1. The first-order valence-corrected chi connectivity index (χ1v) is 7.77. The van der Waals surface area contributed by atoms with Gasteiger partial charge < -0.3 is 5.32 Å². The predicted octanol–water partition coefficient (Wildman–Crippen LogP) is 2.58. The average molecular weight is 367 g/mol. The Labute approximate surface area is 150 Å². The summed E-state index contributed by atoms with van der Waals surface area (Å²) in [4.78, 5) is 13.6. The van der Waals surface area contributed by atoms with Crippen molar-refractivity contribution < 1.29 is 13.6 Å². The number of amides is 1. The molecule has 0 radical (unpaired) electrons. The summed E-state index contributed by atoms with van der Waals surface area (Å²) < 4.78 is 27.1. The van der Waals surface area contributed by atoms with E-state index in [1.807, 2.05) is 6.07 Å². The molecule has 0 spiro atoms. The number of benzene rings is 2. The molecule has 0 fully saturated rings. The number of anilines is 1. The molecular formula is C17H11F2N7O. The highest BCUT2D eigenvalue weighted by Crippen LogP contribution is 2.28. The van der Waals surface area contributed by atoms with Gasteiger partial charge in [-0.3, -0.25) is 9.89 Å². The van der Waals surface area contributed by atoms with Gasteiger partial charge in [-0.15, -0.1) is 15.0 Å². The van der Waals surface area contributed by atoms with Crippen molar-refractivity contribution in [2.24, 2.45) is 0 Å². The fraction of sp³-hybridized carbons (Fsp3) is 0. The van der Waals surface area contributed by atoms with Crippen molar-refractivity contribution in [1.82, 2.24) is 30.4 Å². The Hall–Kier alpha value is -3.95. The number of carbonyl (C=O) groups is 1. The molecular weight excluding hydrogens is 356 g/mol. The van der Waals surface area contributed by atoms with E-state index in [9.17, 15) is 13.6 Å². The Kier molecular flexibility index (Phi) is 4.13. The van der Waals surface area contributed by atoms with Gasteiger partial charge >= 0.3 is 0 Å². The smallest absolute Gasteiger partial charge is 0.298 e. The lowest BCUT2D eigenvalue weighted by molar-refractivity contribution is 0.101. The van der Waals surface area contributed by atoms with Crippen LogP contribution in [0, 0.1) is 11.6 Å². The number of aromatic amines is 1. The Morgan fingerprint density at radius 3 is 2.67 bits per heavy atom. The van der Waals surface area contributed by atoms with Crippen LogP contribution in [-0.4, -0.2) is 36.3 Å². The summed E-state index contributed by atoms with van der Waals surface area (Å²) in [7, 11) is 0. The molecule has 2 aromatic heterocycles. The van der Waals surface area contributed by atoms with E-state index in [0.717, 1.165) is 12.1 Å². The number of rotatable bonds is 4. The molecule has 2 N–H and O–H groups in total. The molecule has 8 nitrogen and oxygen atoms in total. The van der Waals surface area contributed by atoms with E-state index >= 15 is 0 Å². The summed E-state index contributed by atoms with van der Waals surface area (Å²) in [6.45, 7) is 0. The molecule has 0 aliphatic rings. The fourth-order valence-electron chi connectivity index (χ4n) is 2.44. The van der Waals surface area contributed by atoms with Gasteiger partial charge in [-0.2, -0.15) is 5.10 Å². The molecule has 2 aromatic carbocycles. The summed E-state index contributed by atoms with van der Waals surface area (Å²) in [6, 6.07) is 12.1. The van der Waals surface area contributed by atoms with Crippen molar-refractivity contribution in [2.45, 2.75) is 0 Å². The van der Waals surface area contributed by atoms with Crippen LogP contribution in [0.4, 0.5) is 14.6 Å². The topological polar surface area (TPSA) is 101 Å². The van der Waals surface area contributed by atoms with Crippen LogP contribution in [0.3, 0.4) is 0 Å². The Morgan fingerprint density at radius 1 is 1.07 bits per heavy atom. The lowest BCUT2D eigenvalue weighted by Gasteiger charge is -2.05. The van der Waals surface area contributed by atoms with Crippen molar-refractivity contribution in [2.75, 3.05) is 5.32 Å². The van der Waals surface area contributed by atoms with Gasteiger partial charge in [0.2, 0.25) is 0 Å². The van der Waals surface area contributed by atoms with Crippen LogP contribution in [0.2, 0.25) is 0 Å². The molecule has 1 amide bonds. The highest BCUT2D eigenvalue weighted by molar-refractivity contribution is 6.02. The Morgan fingerprint density at radius 2 is 1.89 bits per heavy atom. The van der Waals surface area contributed by atoms with Crippen molar-refractivity contribution in [3.8, 4) is 16.8 Å². The van der Waals surface area contributed by atoms with E-state index < -0.39 is 17.5 Å². The summed E-state index contributed by atoms with van der Waals surface area (Å²) >= 11 is 0. The highest BCUT2D eigenvalue weighted by Gasteiger charge is 2.19. The lowest BCUT2D eigenvalue weighted by Crippen LogP contribution is -2.15. The quantitative estimate of drug-likeness (QED) is 0.577. The van der Waals surface area contributed by atoms with Gasteiger partial charge in [-0.25, -0.2) is 8.78 Å². The minimum absolute atomic E-state index is 0.0846. The molecule has 134 valence electrons. The molecule has 0 unspecified atom stereocenters. The van der Waals surface area contributed by atoms with E-state index in [4.69, 9.17) is 0 Å². The second kappa shape index (κ2) is 6.75. The van der Waals surface area contributed by atoms with Crippen molar-refractivity contribution in [3.05, 3.63) is 72.2 Å². The van der Waals surface area contributed by atoms with Crippen molar-refractivity contribution >= 4 is 11.7 Å². The van der Waals surface area contributed by atoms with Crippen LogP contribution in [0.5, 0.6) is 0 Å². The number of nitrogens with one attached hydrogen (secondary N) is 2. The largest absolute Gasteiger partial charge is 0.304 e. The van der Waals surface area contributed by atoms with Gasteiger partial charge in [0.05, 0.1) is 11.9 Å². The average Bonchev–Trinajstić information content (AvgIpc) is 3.32. The van der Waals surface area contributed by atoms with Crippen LogP contribution in [0.25, 0.3) is 16.8 Å². The molecule has 0 saturated heterocycles. The normalized spacial score (nSPS) is 10.7. The van der Waals surface area contributed by atoms with Gasteiger partial charge in [0.25, 0.3) is 11.7 Å². The van der Waals surface area contributed by atoms with Gasteiger partial charge in [0.1, 0.15) is 17.5 Å². The number of aromatic nitrogens is 6. The second-order valence-corrected chi connectivity index (χ2v) is 5.48. The van der Waals surface area contributed by atoms with Gasteiger partial charge in [0, 0.05) is 17.2 Å². The molecule has 0 aliphatic carbocycles. The molecule has 0 atom stereocenters. The number of halogens is 2. The number of hydrogen-bond donors (Lipinski definition) is 2. The molecule has 10 heteroatoms. The minimum atomic E-state index is -0.778. The number of tetrazole rings is 1. The summed E-state index contributed by atoms with van der Waals surface area (Å²) in [5.41, 5.74) is 0.984. The first kappa shape index (κ1) is 16.5. The first-order valence-electron chi connectivity index (χ1n) is 7.77. The second-order valence-electron chi connectivity index (χ2n) is 5.48. The van der Waals surface area contributed by atoms with E-state index in [-0.39, 0.29) is 22.8 Å². The molecule has 0 aliphatic heterocycles. The number of H-pyrrole nitrogens is 1. The Bertz CT molecular complexity index is 1110. The van der Waals surface area contributed by atoms with Crippen LogP contribution in [0.1, 0.15) is 10.6 Å². The number of hydrogen-bond acceptors (Lipinski definition) is 5. The lowest BCUT2D eigenvalue weighted by atomic mass is 10.1. The first-order chi connectivity index (χ1) is 13.1. The molecule has 0 saturated carbocycles. The van der Waals surface area contributed by atoms with Gasteiger partial charge in [-0.05, 0) is 29.5 Å². The minimum Gasteiger partial charge on any atom is -0.304 e. The van der Waals surface area contributed by atoms with Crippen molar-refractivity contribution in [1.29, 1.82) is 0 Å². The van der Waals surface area contributed by atoms with Crippen LogP contribution < -0.4 is 5.32 Å². The maximum absolute atomic E-state index is 14.0. The third-order valence-electron chi connectivity index (χ3n) is 3.70. The molecule has 27 heavy (non-hydrogen) atoms. The van der Waals surface area contributed by atoms with Crippen molar-refractivity contribution in [3.63, 3.8) is 0 Å². The zero-order valence-corrected chi connectivity index (χ0v) is 13.6. The Balaban J connectivity index is 1.58. The van der Waals surface area contributed by atoms with Gasteiger partial charge in [0.15, 0.2) is 0 Å². The van der Waals surface area contributed by atoms with Crippen LogP contribution >= 0.6 is 0 Å². The fourth-order valence-corrected chi connectivity index (χ4v) is 2.44. The molecule has 4 rings (SSSR count). The molecule has 0 bridgehead atoms. The van der Waals surface area contributed by atoms with E-state index in [2.05, 4.69) is 30.9 Å². The third kappa shape index (κ3) is 3.27. The highest BCUT2D eigenvalue weighted by atomic mass is 19.1. The maximum atomic E-state index is 14.0. The number of nitrogens with zero attached hydrogens (tertiary/aromatic N) is 5. The SMILES string of the molecule is O=C(Nc1[nH]ncc1-c1ccc(F)cc1F)c1nnn(-c2ccccc2)n1. The van der Waals surface area contributed by atoms with Gasteiger partial charge in [-0.1, -0.05) is 18.2 Å². The monoisotopic (exact) mass is 367 g/mol. The zero-order valence-electron chi connectivity index (χ0n) is 13.6. The van der Waals surface area contributed by atoms with E-state index in [1.165, 1.54) is 17.1 Å². The molecule has 4 aromatic rings. The van der Waals surface area contributed by atoms with Crippen LogP contribution in [-0.2, 0) is 0 Å². The predicted molar refractivity (Wildman–Crippen MR) is 91.0 cm³/mol. The van der Waals surface area contributed by atoms with E-state index in [0.29, 0.717) is 5.69 Å². The zero-order chi connectivity index (χ0) is 18.8. The summed E-state index contributed by atoms with van der Waals surface area (Å²) in [5.74, 6) is -2.20. The summed E-state index contributed by atoms with van der Waals surface area (Å²) in [6.07, 6.45) is 1.32. The maximum Gasteiger partial charge on any atom is 0.298 e. The van der Waals surface area contributed by atoms with E-state index in [1.54, 1.807) is 24.3 Å². The third-order valence-corrected chi connectivity index (χ3v) is 3.70. The van der Waals surface area contributed by atoms with Crippen LogP contribution in [0.15, 0.2) is 54.7 Å². The standard InChI is InChI=1S/C17H11F2N7O/c18-10-6-7-12(14(19)8-10)13-9-20-22-15(13)21-17(27)16-23-25-26(24-16)11-4-2-1-3-5-11/h1-9H,(H2,20,21,22,27). The number of para-hydroxylation sites is 1. The summed E-state index contributed by atoms with van der Waals surface area (Å²) in [5, 5.41) is 20.4.